The average molecular weight is 231 g/mol. The van der Waals surface area contributed by atoms with Crippen LogP contribution in [0.15, 0.2) is 0 Å². The lowest BCUT2D eigenvalue weighted by molar-refractivity contribution is 0.139. The number of hydroxylamine groups is 1. The molecule has 0 fully saturated rings. The van der Waals surface area contributed by atoms with E-state index in [9.17, 15) is 0 Å². The molecule has 0 aromatic rings. The Balaban J connectivity index is 2.82. The molecule has 0 heterocycles. The van der Waals surface area contributed by atoms with E-state index in [0.717, 1.165) is 0 Å². The van der Waals surface area contributed by atoms with E-state index in [1.807, 2.05) is 0 Å². The number of hydrogen-bond acceptors (Lipinski definition) is 2. The molecular formula is C3H6INOS. The van der Waals surface area contributed by atoms with Gasteiger partial charge >= 0.3 is 0 Å². The van der Waals surface area contributed by atoms with Crippen molar-refractivity contribution in [3.05, 3.63) is 0 Å². The maximum atomic E-state index is 4.69. The first kappa shape index (κ1) is 7.58. The fourth-order valence-corrected chi connectivity index (χ4v) is 0.344. The molecule has 0 unspecified atom stereocenters. The summed E-state index contributed by atoms with van der Waals surface area (Å²) in [5.41, 5.74) is 2.52. The van der Waals surface area contributed by atoms with E-state index >= 15 is 0 Å². The summed E-state index contributed by atoms with van der Waals surface area (Å²) in [7, 11) is 0. The van der Waals surface area contributed by atoms with E-state index in [1.54, 1.807) is 6.92 Å². The third-order valence-electron chi connectivity index (χ3n) is 0.270. The van der Waals surface area contributed by atoms with Gasteiger partial charge in [-0.1, -0.05) is 34.8 Å². The Morgan fingerprint density at radius 2 is 2.57 bits per heavy atom. The summed E-state index contributed by atoms with van der Waals surface area (Å²) in [5.74, 6) is 0. The van der Waals surface area contributed by atoms with Crippen LogP contribution in [0.2, 0.25) is 0 Å². The third kappa shape index (κ3) is 6.58. The molecule has 0 aromatic carbocycles. The van der Waals surface area contributed by atoms with E-state index in [-0.39, 0.29) is 0 Å². The SMILES string of the molecule is CC(=S)NOCI. The second kappa shape index (κ2) is 4.73. The summed E-state index contributed by atoms with van der Waals surface area (Å²) >= 11 is 6.70. The van der Waals surface area contributed by atoms with Crippen molar-refractivity contribution < 1.29 is 4.84 Å². The largest absolute Gasteiger partial charge is 0.265 e. The van der Waals surface area contributed by atoms with E-state index in [1.165, 1.54) is 0 Å². The summed E-state index contributed by atoms with van der Waals surface area (Å²) in [6.07, 6.45) is 0. The summed E-state index contributed by atoms with van der Waals surface area (Å²) in [6, 6.07) is 0. The van der Waals surface area contributed by atoms with Crippen molar-refractivity contribution in [3.63, 3.8) is 0 Å². The molecule has 0 radical (unpaired) electrons. The van der Waals surface area contributed by atoms with Gasteiger partial charge in [0.15, 0.2) is 0 Å². The minimum Gasteiger partial charge on any atom is -0.265 e. The number of hydrogen-bond donors (Lipinski definition) is 1. The molecule has 1 N–H and O–H groups in total. The Labute approximate surface area is 61.7 Å². The smallest absolute Gasteiger partial charge is 0.126 e. The van der Waals surface area contributed by atoms with Crippen LogP contribution in [0.3, 0.4) is 0 Å². The predicted molar refractivity (Wildman–Crippen MR) is 41.4 cm³/mol. The summed E-state index contributed by atoms with van der Waals surface area (Å²) in [6.45, 7) is 1.77. The summed E-state index contributed by atoms with van der Waals surface area (Å²) < 4.78 is 0.617. The molecule has 0 amide bonds. The summed E-state index contributed by atoms with van der Waals surface area (Å²) in [5, 5.41) is 0. The molecule has 4 heteroatoms. The highest BCUT2D eigenvalue weighted by molar-refractivity contribution is 14.1. The molecule has 0 rings (SSSR count). The first-order valence-electron chi connectivity index (χ1n) is 1.71. The number of thiocarbonyl (C=S) groups is 1. The quantitative estimate of drug-likeness (QED) is 0.334. The van der Waals surface area contributed by atoms with Gasteiger partial charge in [-0.25, -0.2) is 0 Å². The first-order chi connectivity index (χ1) is 3.27. The number of halogens is 1. The highest BCUT2D eigenvalue weighted by Gasteiger charge is 1.78. The zero-order valence-electron chi connectivity index (χ0n) is 3.90. The van der Waals surface area contributed by atoms with Crippen LogP contribution in [0.4, 0.5) is 0 Å². The number of alkyl halides is 1. The van der Waals surface area contributed by atoms with E-state index in [0.29, 0.717) is 9.60 Å². The maximum absolute atomic E-state index is 4.69. The van der Waals surface area contributed by atoms with Gasteiger partial charge in [-0.2, -0.15) is 0 Å². The Morgan fingerprint density at radius 1 is 2.00 bits per heavy atom. The Kier molecular flexibility index (Phi) is 5.12. The molecule has 0 aliphatic rings. The summed E-state index contributed by atoms with van der Waals surface area (Å²) in [4.78, 5) is 5.35. The molecule has 0 atom stereocenters. The predicted octanol–water partition coefficient (Wildman–Crippen LogP) is 1.25. The zero-order chi connectivity index (χ0) is 5.70. The molecule has 42 valence electrons. The van der Waals surface area contributed by atoms with Crippen LogP contribution in [0, 0.1) is 0 Å². The third-order valence-corrected chi connectivity index (χ3v) is 0.665. The van der Waals surface area contributed by atoms with Gasteiger partial charge in [-0.05, 0) is 6.92 Å². The van der Waals surface area contributed by atoms with Crippen molar-refractivity contribution in [3.8, 4) is 0 Å². The lowest BCUT2D eigenvalue weighted by Crippen LogP contribution is -2.16. The van der Waals surface area contributed by atoms with Gasteiger partial charge in [0.1, 0.15) is 4.61 Å². The van der Waals surface area contributed by atoms with Crippen molar-refractivity contribution in [2.75, 3.05) is 4.61 Å². The van der Waals surface area contributed by atoms with Gasteiger partial charge in [-0.15, -0.1) is 0 Å². The van der Waals surface area contributed by atoms with Crippen LogP contribution in [0.25, 0.3) is 0 Å². The van der Waals surface area contributed by atoms with Crippen molar-refractivity contribution in [1.82, 2.24) is 5.48 Å². The number of nitrogens with one attached hydrogen (secondary N) is 1. The van der Waals surface area contributed by atoms with Crippen LogP contribution in [-0.4, -0.2) is 9.60 Å². The van der Waals surface area contributed by atoms with Crippen LogP contribution < -0.4 is 5.48 Å². The maximum Gasteiger partial charge on any atom is 0.126 e. The van der Waals surface area contributed by atoms with Crippen molar-refractivity contribution >= 4 is 39.8 Å². The molecular weight excluding hydrogens is 225 g/mol. The van der Waals surface area contributed by atoms with Gasteiger partial charge in [-0.3, -0.25) is 10.3 Å². The second-order valence-corrected chi connectivity index (χ2v) is 2.15. The van der Waals surface area contributed by atoms with Crippen LogP contribution in [0.5, 0.6) is 0 Å². The van der Waals surface area contributed by atoms with Crippen LogP contribution in [-0.2, 0) is 4.84 Å². The molecule has 0 bridgehead atoms. The molecule has 2 nitrogen and oxygen atoms in total. The highest BCUT2D eigenvalue weighted by Crippen LogP contribution is 1.78. The van der Waals surface area contributed by atoms with Crippen molar-refractivity contribution in [1.29, 1.82) is 0 Å². The highest BCUT2D eigenvalue weighted by atomic mass is 127. The fraction of sp³-hybridized carbons (Fsp3) is 0.667. The van der Waals surface area contributed by atoms with Gasteiger partial charge < -0.3 is 0 Å². The molecule has 7 heavy (non-hydrogen) atoms. The molecule has 0 aromatic heterocycles. The number of rotatable bonds is 2. The van der Waals surface area contributed by atoms with Crippen LogP contribution in [0.1, 0.15) is 6.92 Å². The fourth-order valence-electron chi connectivity index (χ4n) is 0.129. The lowest BCUT2D eigenvalue weighted by Gasteiger charge is -1.97. The van der Waals surface area contributed by atoms with Crippen molar-refractivity contribution in [2.24, 2.45) is 0 Å². The van der Waals surface area contributed by atoms with E-state index in [2.05, 4.69) is 40.3 Å². The molecule has 0 saturated heterocycles. The monoisotopic (exact) mass is 231 g/mol. The second-order valence-electron chi connectivity index (χ2n) is 0.912. The van der Waals surface area contributed by atoms with Gasteiger partial charge in [0.2, 0.25) is 0 Å². The topological polar surface area (TPSA) is 21.3 Å². The zero-order valence-corrected chi connectivity index (χ0v) is 6.88. The standard InChI is InChI=1S/C3H6INOS/c1-3(7)5-6-2-4/h2H2,1H3,(H,5,7). The van der Waals surface area contributed by atoms with Gasteiger partial charge in [0.05, 0.1) is 4.99 Å². The molecule has 0 saturated carbocycles. The van der Waals surface area contributed by atoms with E-state index in [4.69, 9.17) is 4.84 Å². The normalized spacial score (nSPS) is 8.29. The minimum atomic E-state index is 0.617. The Morgan fingerprint density at radius 3 is 2.71 bits per heavy atom. The van der Waals surface area contributed by atoms with Crippen LogP contribution >= 0.6 is 34.8 Å². The van der Waals surface area contributed by atoms with E-state index < -0.39 is 0 Å². The van der Waals surface area contributed by atoms with Gasteiger partial charge in [0, 0.05) is 0 Å². The minimum absolute atomic E-state index is 0.617. The Hall–Kier alpha value is 0.580. The molecule has 0 spiro atoms. The average Bonchev–Trinajstić information content (AvgIpc) is 1.61. The molecule has 0 aliphatic heterocycles. The van der Waals surface area contributed by atoms with Crippen molar-refractivity contribution in [2.45, 2.75) is 6.92 Å². The van der Waals surface area contributed by atoms with Gasteiger partial charge in [0.25, 0.3) is 0 Å². The lowest BCUT2D eigenvalue weighted by atomic mass is 10.8. The Bertz CT molecular complexity index is 68.0. The molecule has 0 aliphatic carbocycles. The first-order valence-corrected chi connectivity index (χ1v) is 3.65.